The Hall–Kier alpha value is -4.44. The Bertz CT molecular complexity index is 1630. The van der Waals surface area contributed by atoms with Crippen molar-refractivity contribution in [2.24, 2.45) is 0 Å². The average molecular weight is 547 g/mol. The van der Waals surface area contributed by atoms with Crippen molar-refractivity contribution in [3.8, 4) is 17.2 Å². The van der Waals surface area contributed by atoms with Crippen LogP contribution in [0, 0.1) is 5.82 Å². The molecule has 2 aliphatic heterocycles. The minimum absolute atomic E-state index is 0.0932. The van der Waals surface area contributed by atoms with E-state index in [1.807, 2.05) is 6.92 Å². The second-order valence-electron chi connectivity index (χ2n) is 9.05. The van der Waals surface area contributed by atoms with Gasteiger partial charge in [0, 0.05) is 5.56 Å². The number of ketones is 1. The molecule has 1 aromatic heterocycles. The minimum Gasteiger partial charge on any atom is -0.507 e. The Morgan fingerprint density at radius 1 is 1.08 bits per heavy atom. The van der Waals surface area contributed by atoms with Crippen LogP contribution in [-0.2, 0) is 9.59 Å². The summed E-state index contributed by atoms with van der Waals surface area (Å²) in [4.78, 5) is 32.7. The van der Waals surface area contributed by atoms with Crippen LogP contribution >= 0.6 is 11.3 Å². The number of carbonyl (C=O) groups excluding carboxylic acids is 2. The van der Waals surface area contributed by atoms with E-state index >= 15 is 0 Å². The van der Waals surface area contributed by atoms with Crippen LogP contribution in [0.3, 0.4) is 0 Å². The number of aromatic nitrogens is 1. The minimum atomic E-state index is -0.983. The van der Waals surface area contributed by atoms with Gasteiger partial charge in [0.25, 0.3) is 5.78 Å². The highest BCUT2D eigenvalue weighted by Crippen LogP contribution is 2.45. The van der Waals surface area contributed by atoms with Gasteiger partial charge in [-0.3, -0.25) is 14.5 Å². The number of halogens is 1. The number of Topliss-reactive ketones (excluding diaryl/α,β-unsaturated/α-hetero) is 1. The number of nitrogens with zero attached hydrogens (tertiary/aromatic N) is 2. The molecular weight excluding hydrogens is 523 g/mol. The molecule has 0 saturated carbocycles. The van der Waals surface area contributed by atoms with Gasteiger partial charge in [-0.05, 0) is 60.5 Å². The summed E-state index contributed by atoms with van der Waals surface area (Å²) in [7, 11) is 0. The first kappa shape index (κ1) is 24.9. The van der Waals surface area contributed by atoms with Gasteiger partial charge in [0.15, 0.2) is 16.6 Å². The van der Waals surface area contributed by atoms with Crippen molar-refractivity contribution >= 4 is 44.1 Å². The van der Waals surface area contributed by atoms with Crippen molar-refractivity contribution in [1.82, 2.24) is 4.98 Å². The van der Waals surface area contributed by atoms with Crippen molar-refractivity contribution in [3.05, 3.63) is 83.2 Å². The number of hydrogen-bond acceptors (Lipinski definition) is 8. The van der Waals surface area contributed by atoms with Crippen molar-refractivity contribution < 1.29 is 33.3 Å². The molecule has 8 nitrogen and oxygen atoms in total. The predicted octanol–water partition coefficient (Wildman–Crippen LogP) is 5.62. The van der Waals surface area contributed by atoms with E-state index in [4.69, 9.17) is 14.2 Å². The number of benzene rings is 3. The van der Waals surface area contributed by atoms with Gasteiger partial charge >= 0.3 is 5.91 Å². The lowest BCUT2D eigenvalue weighted by molar-refractivity contribution is -0.132. The number of fused-ring (bicyclic) bond motifs is 2. The number of aliphatic hydroxyl groups is 1. The van der Waals surface area contributed by atoms with Crippen LogP contribution in [0.5, 0.6) is 17.2 Å². The number of anilines is 1. The van der Waals surface area contributed by atoms with E-state index in [0.717, 1.165) is 17.8 Å². The molecule has 1 amide bonds. The highest BCUT2D eigenvalue weighted by Gasteiger charge is 2.48. The van der Waals surface area contributed by atoms with Crippen LogP contribution in [0.1, 0.15) is 30.5 Å². The topological polar surface area (TPSA) is 98.2 Å². The number of ether oxygens (including phenoxy) is 3. The Balaban J connectivity index is 1.50. The lowest BCUT2D eigenvalue weighted by Crippen LogP contribution is -2.29. The van der Waals surface area contributed by atoms with Gasteiger partial charge in [0.1, 0.15) is 30.5 Å². The SMILES string of the molecule is CCCOc1ccc(C2C(=C(O)c3ccc4c(c3)OCCO4)C(=O)C(=O)N2c2nc3ccc(F)cc3s2)cc1. The second-order valence-corrected chi connectivity index (χ2v) is 10.1. The van der Waals surface area contributed by atoms with E-state index in [1.54, 1.807) is 42.5 Å². The first-order valence-corrected chi connectivity index (χ1v) is 13.3. The Labute approximate surface area is 226 Å². The molecule has 1 fully saturated rings. The second kappa shape index (κ2) is 10.0. The summed E-state index contributed by atoms with van der Waals surface area (Å²) in [6.07, 6.45) is 0.843. The number of rotatable bonds is 6. The molecule has 198 valence electrons. The molecule has 0 aliphatic carbocycles. The molecule has 1 saturated heterocycles. The van der Waals surface area contributed by atoms with Gasteiger partial charge in [0.05, 0.1) is 28.4 Å². The highest BCUT2D eigenvalue weighted by molar-refractivity contribution is 7.22. The largest absolute Gasteiger partial charge is 0.507 e. The molecule has 10 heteroatoms. The smallest absolute Gasteiger partial charge is 0.301 e. The molecular formula is C29H23FN2O6S. The summed E-state index contributed by atoms with van der Waals surface area (Å²) < 4.78 is 31.3. The molecule has 3 aromatic carbocycles. The van der Waals surface area contributed by atoms with Crippen LogP contribution in [0.25, 0.3) is 16.0 Å². The molecule has 2 aliphatic rings. The van der Waals surface area contributed by atoms with Crippen LogP contribution in [0.2, 0.25) is 0 Å². The van der Waals surface area contributed by atoms with Gasteiger partial charge < -0.3 is 19.3 Å². The molecule has 0 spiro atoms. The molecule has 39 heavy (non-hydrogen) atoms. The predicted molar refractivity (Wildman–Crippen MR) is 144 cm³/mol. The monoisotopic (exact) mass is 546 g/mol. The number of thiazole rings is 1. The number of amides is 1. The standard InChI is InChI=1S/C29H23FN2O6S/c1-2-11-36-19-7-3-16(4-8-19)25-24(26(33)17-5-10-21-22(14-17)38-13-12-37-21)27(34)28(35)32(25)29-31-20-9-6-18(30)15-23(20)39-29/h3-10,14-15,25,33H,2,11-13H2,1H3. The quantitative estimate of drug-likeness (QED) is 0.190. The lowest BCUT2D eigenvalue weighted by Gasteiger charge is -2.23. The summed E-state index contributed by atoms with van der Waals surface area (Å²) >= 11 is 1.09. The molecule has 1 unspecified atom stereocenters. The third-order valence-corrected chi connectivity index (χ3v) is 7.49. The van der Waals surface area contributed by atoms with Crippen molar-refractivity contribution in [2.75, 3.05) is 24.7 Å². The van der Waals surface area contributed by atoms with Gasteiger partial charge in [-0.2, -0.15) is 0 Å². The molecule has 0 bridgehead atoms. The Morgan fingerprint density at radius 3 is 2.62 bits per heavy atom. The summed E-state index contributed by atoms with van der Waals surface area (Å²) in [5.41, 5.74) is 1.27. The number of carbonyl (C=O) groups is 2. The zero-order chi connectivity index (χ0) is 27.1. The first-order valence-electron chi connectivity index (χ1n) is 12.4. The molecule has 4 aromatic rings. The van der Waals surface area contributed by atoms with E-state index in [2.05, 4.69) is 4.98 Å². The summed E-state index contributed by atoms with van der Waals surface area (Å²) in [6.45, 7) is 3.31. The molecule has 0 radical (unpaired) electrons. The summed E-state index contributed by atoms with van der Waals surface area (Å²) in [6, 6.07) is 15.0. The van der Waals surface area contributed by atoms with Crippen LogP contribution in [0.4, 0.5) is 9.52 Å². The lowest BCUT2D eigenvalue weighted by atomic mass is 9.95. The Kier molecular flexibility index (Phi) is 6.40. The van der Waals surface area contributed by atoms with Gasteiger partial charge in [0.2, 0.25) is 0 Å². The van der Waals surface area contributed by atoms with Crippen molar-refractivity contribution in [3.63, 3.8) is 0 Å². The van der Waals surface area contributed by atoms with Crippen LogP contribution in [-0.4, -0.2) is 41.6 Å². The van der Waals surface area contributed by atoms with Gasteiger partial charge in [-0.15, -0.1) is 0 Å². The molecule has 3 heterocycles. The molecule has 1 atom stereocenters. The first-order chi connectivity index (χ1) is 18.9. The van der Waals surface area contributed by atoms with Gasteiger partial charge in [-0.1, -0.05) is 30.4 Å². The van der Waals surface area contributed by atoms with E-state index in [-0.39, 0.29) is 16.5 Å². The van der Waals surface area contributed by atoms with E-state index in [1.165, 1.54) is 23.1 Å². The fraction of sp³-hybridized carbons (Fsp3) is 0.207. The summed E-state index contributed by atoms with van der Waals surface area (Å²) in [5, 5.41) is 11.7. The molecule has 6 rings (SSSR count). The average Bonchev–Trinajstić information content (AvgIpc) is 3.48. The van der Waals surface area contributed by atoms with Gasteiger partial charge in [-0.25, -0.2) is 9.37 Å². The fourth-order valence-electron chi connectivity index (χ4n) is 4.65. The third-order valence-electron chi connectivity index (χ3n) is 6.47. The third kappa shape index (κ3) is 4.46. The van der Waals surface area contributed by atoms with Crippen LogP contribution < -0.4 is 19.1 Å². The van der Waals surface area contributed by atoms with Crippen molar-refractivity contribution in [1.29, 1.82) is 0 Å². The van der Waals surface area contributed by atoms with Crippen molar-refractivity contribution in [2.45, 2.75) is 19.4 Å². The number of aliphatic hydroxyl groups excluding tert-OH is 1. The maximum atomic E-state index is 13.9. The maximum Gasteiger partial charge on any atom is 0.301 e. The van der Waals surface area contributed by atoms with E-state index < -0.39 is 23.5 Å². The number of hydrogen-bond donors (Lipinski definition) is 1. The zero-order valence-corrected chi connectivity index (χ0v) is 21.7. The van der Waals surface area contributed by atoms with E-state index in [0.29, 0.717) is 58.4 Å². The normalized spacial score (nSPS) is 18.1. The maximum absolute atomic E-state index is 13.9. The fourth-order valence-corrected chi connectivity index (χ4v) is 5.66. The molecule has 1 N–H and O–H groups in total. The highest BCUT2D eigenvalue weighted by atomic mass is 32.1. The zero-order valence-electron chi connectivity index (χ0n) is 20.8. The Morgan fingerprint density at radius 2 is 1.85 bits per heavy atom. The van der Waals surface area contributed by atoms with E-state index in [9.17, 15) is 19.1 Å². The summed E-state index contributed by atoms with van der Waals surface area (Å²) in [5.74, 6) is -0.885. The van der Waals surface area contributed by atoms with Crippen LogP contribution in [0.15, 0.2) is 66.2 Å².